The molecule has 0 saturated carbocycles. The van der Waals surface area contributed by atoms with Crippen molar-refractivity contribution in [2.75, 3.05) is 0 Å². The van der Waals surface area contributed by atoms with Crippen LogP contribution in [0.3, 0.4) is 0 Å². The van der Waals surface area contributed by atoms with Gasteiger partial charge in [-0.15, -0.1) is 0 Å². The zero-order chi connectivity index (χ0) is 42.3. The normalized spacial score (nSPS) is 12.3. The van der Waals surface area contributed by atoms with Crippen LogP contribution >= 0.6 is 0 Å². The number of aromatic nitrogens is 4. The van der Waals surface area contributed by atoms with E-state index >= 15 is 0 Å². The van der Waals surface area contributed by atoms with Crippen molar-refractivity contribution in [2.24, 2.45) is 0 Å². The molecule has 5 nitrogen and oxygen atoms in total. The van der Waals surface area contributed by atoms with Crippen molar-refractivity contribution >= 4 is 109 Å². The highest BCUT2D eigenvalue weighted by Gasteiger charge is 2.22. The molecule has 0 bridgehead atoms. The van der Waals surface area contributed by atoms with Gasteiger partial charge in [-0.2, -0.15) is 0 Å². The van der Waals surface area contributed by atoms with E-state index in [9.17, 15) is 0 Å². The average Bonchev–Trinajstić information content (AvgIpc) is 4.16. The minimum Gasteiger partial charge on any atom is -0.456 e. The summed E-state index contributed by atoms with van der Waals surface area (Å²) in [6, 6.07) is 79.5. The second kappa shape index (κ2) is 12.9. The Balaban J connectivity index is 0.945. The van der Waals surface area contributed by atoms with Crippen LogP contribution < -0.4 is 0 Å². The lowest BCUT2D eigenvalue weighted by Gasteiger charge is -2.14. The fraction of sp³-hybridized carbons (Fsp3) is 0. The van der Waals surface area contributed by atoms with Crippen molar-refractivity contribution in [2.45, 2.75) is 0 Å². The van der Waals surface area contributed by atoms with Gasteiger partial charge in [0.15, 0.2) is 0 Å². The van der Waals surface area contributed by atoms with Crippen LogP contribution in [0.1, 0.15) is 0 Å². The Bertz CT molecular complexity index is 4380. The van der Waals surface area contributed by atoms with E-state index < -0.39 is 0 Å². The third kappa shape index (κ3) is 4.71. The fourth-order valence-corrected chi connectivity index (χ4v) is 11.2. The lowest BCUT2D eigenvalue weighted by molar-refractivity contribution is 0.669. The van der Waals surface area contributed by atoms with Crippen LogP contribution in [0.25, 0.3) is 132 Å². The smallest absolute Gasteiger partial charge is 0.135 e. The number of rotatable bonds is 4. The molecule has 15 aromatic rings. The summed E-state index contributed by atoms with van der Waals surface area (Å²) in [5, 5.41) is 12.0. The van der Waals surface area contributed by atoms with E-state index in [0.29, 0.717) is 0 Å². The lowest BCUT2D eigenvalue weighted by atomic mass is 10.1. The molecule has 10 aromatic carbocycles. The van der Waals surface area contributed by atoms with Gasteiger partial charge in [0.2, 0.25) is 0 Å². The molecule has 65 heavy (non-hydrogen) atoms. The summed E-state index contributed by atoms with van der Waals surface area (Å²) < 4.78 is 16.3. The number of furan rings is 1. The maximum Gasteiger partial charge on any atom is 0.135 e. The van der Waals surface area contributed by atoms with Crippen LogP contribution in [-0.4, -0.2) is 18.3 Å². The second-order valence-corrected chi connectivity index (χ2v) is 17.3. The lowest BCUT2D eigenvalue weighted by Crippen LogP contribution is -2.00. The van der Waals surface area contributed by atoms with Gasteiger partial charge in [0.1, 0.15) is 11.2 Å². The van der Waals surface area contributed by atoms with Crippen molar-refractivity contribution in [3.05, 3.63) is 218 Å². The van der Waals surface area contributed by atoms with E-state index in [2.05, 4.69) is 237 Å². The largest absolute Gasteiger partial charge is 0.456 e. The molecule has 5 heteroatoms. The van der Waals surface area contributed by atoms with E-state index in [1.54, 1.807) is 0 Å². The Morgan fingerprint density at radius 2 is 0.569 bits per heavy atom. The Labute approximate surface area is 371 Å². The monoisotopic (exact) mass is 828 g/mol. The second-order valence-electron chi connectivity index (χ2n) is 17.3. The topological polar surface area (TPSA) is 32.9 Å². The molecular formula is C60H36N4O. The summed E-state index contributed by atoms with van der Waals surface area (Å²) in [5.74, 6) is 0. The van der Waals surface area contributed by atoms with Crippen molar-refractivity contribution in [1.29, 1.82) is 0 Å². The summed E-state index contributed by atoms with van der Waals surface area (Å²) in [6.45, 7) is 0. The summed E-state index contributed by atoms with van der Waals surface area (Å²) in [7, 11) is 0. The standard InChI is InChI=1S/C60H36N4O/c1-7-21-50-40(14-1)41-15-2-8-22-51(41)61(50)37-28-31-56-47(34-37)45-19-6-9-23-52(45)62(56)38-29-32-58-48(35-38)49-36-39(30-33-59(49)65-58)63-53-24-10-5-18-44(53)46-20-13-27-57(60(46)63)64-54-25-11-3-16-42(54)43-17-4-12-26-55(43)64/h1-36H. The molecule has 0 aliphatic carbocycles. The van der Waals surface area contributed by atoms with Gasteiger partial charge in [0.25, 0.3) is 0 Å². The molecule has 0 aliphatic rings. The minimum atomic E-state index is 0.863. The molecule has 0 spiro atoms. The van der Waals surface area contributed by atoms with Crippen LogP contribution in [0.5, 0.6) is 0 Å². The maximum atomic E-state index is 6.63. The molecule has 0 amide bonds. The maximum absolute atomic E-state index is 6.63. The molecular weight excluding hydrogens is 793 g/mol. The highest BCUT2D eigenvalue weighted by Crippen LogP contribution is 2.42. The molecule has 0 unspecified atom stereocenters. The molecule has 0 radical (unpaired) electrons. The third-order valence-corrected chi connectivity index (χ3v) is 13.9. The number of hydrogen-bond acceptors (Lipinski definition) is 1. The SMILES string of the molecule is c1ccc2c(c1)c1ccccc1n2-c1ccc2c(c1)c1ccccc1n2-c1ccc2oc3ccc(-n4c5ccccc5c5cccc(-n6c7ccccc7c7ccccc76)c54)cc3c2c1. The first-order chi connectivity index (χ1) is 32.3. The van der Waals surface area contributed by atoms with Gasteiger partial charge in [0, 0.05) is 70.9 Å². The molecule has 0 saturated heterocycles. The molecule has 15 rings (SSSR count). The molecule has 5 heterocycles. The van der Waals surface area contributed by atoms with Crippen LogP contribution in [0.4, 0.5) is 0 Å². The summed E-state index contributed by atoms with van der Waals surface area (Å²) in [5.41, 5.74) is 15.6. The van der Waals surface area contributed by atoms with Crippen LogP contribution in [0.15, 0.2) is 223 Å². The highest BCUT2D eigenvalue weighted by atomic mass is 16.3. The summed E-state index contributed by atoms with van der Waals surface area (Å²) in [6.07, 6.45) is 0. The zero-order valence-electron chi connectivity index (χ0n) is 35.0. The van der Waals surface area contributed by atoms with Crippen molar-refractivity contribution < 1.29 is 4.42 Å². The predicted octanol–water partition coefficient (Wildman–Crippen LogP) is 16.0. The number of fused-ring (bicyclic) bond motifs is 15. The number of para-hydroxylation sites is 7. The van der Waals surface area contributed by atoms with E-state index in [0.717, 1.165) is 61.2 Å². The fourth-order valence-electron chi connectivity index (χ4n) is 11.2. The zero-order valence-corrected chi connectivity index (χ0v) is 35.0. The quantitative estimate of drug-likeness (QED) is 0.174. The number of hydrogen-bond donors (Lipinski definition) is 0. The molecule has 0 aliphatic heterocycles. The number of benzene rings is 10. The van der Waals surface area contributed by atoms with Gasteiger partial charge >= 0.3 is 0 Å². The van der Waals surface area contributed by atoms with E-state index in [1.165, 1.54) is 70.7 Å². The van der Waals surface area contributed by atoms with E-state index in [-0.39, 0.29) is 0 Å². The summed E-state index contributed by atoms with van der Waals surface area (Å²) in [4.78, 5) is 0. The van der Waals surface area contributed by atoms with Gasteiger partial charge in [-0.1, -0.05) is 121 Å². The minimum absolute atomic E-state index is 0.863. The van der Waals surface area contributed by atoms with Crippen LogP contribution in [0.2, 0.25) is 0 Å². The molecule has 5 aromatic heterocycles. The Morgan fingerprint density at radius 3 is 1.06 bits per heavy atom. The van der Waals surface area contributed by atoms with E-state index in [4.69, 9.17) is 4.42 Å². The number of nitrogens with zero attached hydrogens (tertiary/aromatic N) is 4. The van der Waals surface area contributed by atoms with Gasteiger partial charge in [-0.3, -0.25) is 0 Å². The predicted molar refractivity (Wildman–Crippen MR) is 271 cm³/mol. The Morgan fingerprint density at radius 1 is 0.231 bits per heavy atom. The molecule has 0 atom stereocenters. The molecule has 302 valence electrons. The van der Waals surface area contributed by atoms with Gasteiger partial charge in [-0.05, 0) is 97.1 Å². The molecule has 0 N–H and O–H groups in total. The van der Waals surface area contributed by atoms with Gasteiger partial charge < -0.3 is 22.7 Å². The third-order valence-electron chi connectivity index (χ3n) is 13.9. The Kier molecular flexibility index (Phi) is 6.89. The Hall–Kier alpha value is -8.80. The first-order valence-corrected chi connectivity index (χ1v) is 22.3. The highest BCUT2D eigenvalue weighted by molar-refractivity contribution is 6.17. The van der Waals surface area contributed by atoms with Crippen LogP contribution in [-0.2, 0) is 0 Å². The van der Waals surface area contributed by atoms with E-state index in [1.807, 2.05) is 0 Å². The summed E-state index contributed by atoms with van der Waals surface area (Å²) >= 11 is 0. The van der Waals surface area contributed by atoms with Crippen molar-refractivity contribution in [1.82, 2.24) is 18.3 Å². The van der Waals surface area contributed by atoms with Crippen LogP contribution in [0, 0.1) is 0 Å². The average molecular weight is 829 g/mol. The van der Waals surface area contributed by atoms with Crippen molar-refractivity contribution in [3.8, 4) is 22.7 Å². The van der Waals surface area contributed by atoms with Gasteiger partial charge in [0.05, 0.1) is 49.8 Å². The van der Waals surface area contributed by atoms with Gasteiger partial charge in [-0.25, -0.2) is 0 Å². The van der Waals surface area contributed by atoms with Crippen molar-refractivity contribution in [3.63, 3.8) is 0 Å². The molecule has 0 fully saturated rings. The first-order valence-electron chi connectivity index (χ1n) is 22.3. The first kappa shape index (κ1) is 34.7.